The molecule has 1 amide bonds. The molecule has 1 aromatic heterocycles. The maximum Gasteiger partial charge on any atom is 0.307 e. The van der Waals surface area contributed by atoms with Crippen molar-refractivity contribution in [1.82, 2.24) is 14.8 Å². The molecule has 0 aliphatic carbocycles. The summed E-state index contributed by atoms with van der Waals surface area (Å²) in [6.45, 7) is 1.71. The van der Waals surface area contributed by atoms with E-state index in [1.807, 2.05) is 42.5 Å². The predicted octanol–water partition coefficient (Wildman–Crippen LogP) is 4.39. The summed E-state index contributed by atoms with van der Waals surface area (Å²) >= 11 is 10.5. The molecule has 8 nitrogen and oxygen atoms in total. The number of aromatic nitrogens is 3. The Hall–Kier alpha value is -3.24. The van der Waals surface area contributed by atoms with Crippen molar-refractivity contribution in [1.29, 1.82) is 0 Å². The molecular weight excluding hydrogens is 458 g/mol. The van der Waals surface area contributed by atoms with Crippen molar-refractivity contribution in [2.24, 2.45) is 0 Å². The third-order valence-electron chi connectivity index (χ3n) is 5.62. The summed E-state index contributed by atoms with van der Waals surface area (Å²) in [6.07, 6.45) is 3.13. The Morgan fingerprint density at radius 1 is 1.09 bits per heavy atom. The summed E-state index contributed by atoms with van der Waals surface area (Å²) in [4.78, 5) is 25.8. The number of carbonyl (C=O) groups is 2. The zero-order chi connectivity index (χ0) is 23.4. The first-order chi connectivity index (χ1) is 15.9. The van der Waals surface area contributed by atoms with E-state index in [0.717, 1.165) is 49.3 Å². The minimum absolute atomic E-state index is 0.0387. The highest BCUT2D eigenvalue weighted by Crippen LogP contribution is 2.28. The second-order valence-electron chi connectivity index (χ2n) is 8.02. The van der Waals surface area contributed by atoms with Crippen LogP contribution in [0.15, 0.2) is 42.5 Å². The molecule has 0 unspecified atom stereocenters. The molecule has 172 valence electrons. The molecule has 1 aliphatic heterocycles. The van der Waals surface area contributed by atoms with Gasteiger partial charge in [0.15, 0.2) is 9.54 Å². The average molecular weight is 484 g/mol. The largest absolute Gasteiger partial charge is 0.481 e. The first kappa shape index (κ1) is 22.9. The molecule has 2 aromatic carbocycles. The molecule has 4 rings (SSSR count). The van der Waals surface area contributed by atoms with Crippen LogP contribution in [-0.2, 0) is 22.4 Å². The summed E-state index contributed by atoms with van der Waals surface area (Å²) in [7, 11) is 0. The number of nitrogens with zero attached hydrogens (tertiary/aromatic N) is 2. The van der Waals surface area contributed by atoms with Crippen molar-refractivity contribution in [2.75, 3.05) is 23.3 Å². The third-order valence-corrected chi connectivity index (χ3v) is 6.19. The zero-order valence-electron chi connectivity index (χ0n) is 18.0. The molecule has 33 heavy (non-hydrogen) atoms. The van der Waals surface area contributed by atoms with Gasteiger partial charge in [-0.1, -0.05) is 18.2 Å². The van der Waals surface area contributed by atoms with Crippen LogP contribution in [0.1, 0.15) is 30.4 Å². The number of nitrogens with one attached hydrogen (secondary N) is 3. The van der Waals surface area contributed by atoms with E-state index in [2.05, 4.69) is 20.4 Å². The Kier molecular flexibility index (Phi) is 7.05. The van der Waals surface area contributed by atoms with Gasteiger partial charge in [-0.15, -0.1) is 0 Å². The van der Waals surface area contributed by atoms with Gasteiger partial charge in [-0.25, -0.2) is 0 Å². The van der Waals surface area contributed by atoms with Crippen LogP contribution in [0.2, 0.25) is 0 Å². The lowest BCUT2D eigenvalue weighted by molar-refractivity contribution is -0.136. The number of benzene rings is 2. The second-order valence-corrected chi connectivity index (χ2v) is 8.80. The van der Waals surface area contributed by atoms with Gasteiger partial charge >= 0.3 is 5.97 Å². The summed E-state index contributed by atoms with van der Waals surface area (Å²) < 4.78 is 2.61. The van der Waals surface area contributed by atoms with Crippen molar-refractivity contribution in [3.8, 4) is 5.69 Å². The Labute approximate surface area is 201 Å². The van der Waals surface area contributed by atoms with Crippen molar-refractivity contribution in [3.05, 3.63) is 63.1 Å². The van der Waals surface area contributed by atoms with E-state index in [9.17, 15) is 9.59 Å². The Morgan fingerprint density at radius 3 is 2.64 bits per heavy atom. The molecule has 0 spiro atoms. The van der Waals surface area contributed by atoms with Crippen molar-refractivity contribution in [3.63, 3.8) is 0 Å². The average Bonchev–Trinajstić information content (AvgIpc) is 3.11. The number of aromatic amines is 2. The maximum absolute atomic E-state index is 12.5. The van der Waals surface area contributed by atoms with Gasteiger partial charge in [0.05, 0.1) is 12.1 Å². The van der Waals surface area contributed by atoms with E-state index in [1.165, 1.54) is 5.56 Å². The fraction of sp³-hybridized carbons (Fsp3) is 0.304. The number of fused-ring (bicyclic) bond motifs is 1. The molecule has 1 aliphatic rings. The highest BCUT2D eigenvalue weighted by Gasteiger charge is 2.18. The quantitative estimate of drug-likeness (QED) is 0.354. The lowest BCUT2D eigenvalue weighted by Crippen LogP contribution is -2.31. The smallest absolute Gasteiger partial charge is 0.307 e. The molecule has 0 fully saturated rings. The Morgan fingerprint density at radius 2 is 1.88 bits per heavy atom. The van der Waals surface area contributed by atoms with E-state index in [4.69, 9.17) is 29.5 Å². The monoisotopic (exact) mass is 483 g/mol. The van der Waals surface area contributed by atoms with Crippen molar-refractivity contribution in [2.45, 2.75) is 32.1 Å². The number of carbonyl (C=O) groups excluding carboxylic acids is 1. The van der Waals surface area contributed by atoms with Crippen LogP contribution in [0.5, 0.6) is 0 Å². The van der Waals surface area contributed by atoms with Gasteiger partial charge in [0, 0.05) is 30.9 Å². The Balaban J connectivity index is 1.34. The van der Waals surface area contributed by atoms with Gasteiger partial charge in [0.1, 0.15) is 0 Å². The number of H-pyrrole nitrogens is 2. The molecule has 0 radical (unpaired) electrons. The standard InChI is InChI=1S/C23H25N5O3S2/c29-20(24-17-5-1-6-18(14-17)28-22(32)25-26-23(28)33)7-3-11-27-10-2-4-16-12-15(13-21(30)31)8-9-19(16)27/h1,5-6,8-9,12,14H,2-4,7,10-11,13H2,(H,24,29)(H,25,32)(H,26,33)(H,30,31). The van der Waals surface area contributed by atoms with Crippen molar-refractivity contribution >= 4 is 47.7 Å². The number of rotatable bonds is 8. The minimum atomic E-state index is -0.821. The molecule has 3 aromatic rings. The first-order valence-corrected chi connectivity index (χ1v) is 11.6. The van der Waals surface area contributed by atoms with E-state index in [0.29, 0.717) is 21.7 Å². The predicted molar refractivity (Wildman–Crippen MR) is 132 cm³/mol. The first-order valence-electron chi connectivity index (χ1n) is 10.8. The molecule has 0 saturated carbocycles. The molecule has 0 saturated heterocycles. The lowest BCUT2D eigenvalue weighted by Gasteiger charge is -2.31. The highest BCUT2D eigenvalue weighted by molar-refractivity contribution is 7.72. The van der Waals surface area contributed by atoms with E-state index in [-0.39, 0.29) is 12.3 Å². The maximum atomic E-state index is 12.5. The fourth-order valence-corrected chi connectivity index (χ4v) is 4.72. The lowest BCUT2D eigenvalue weighted by atomic mass is 9.98. The van der Waals surface area contributed by atoms with Gasteiger partial charge in [0.2, 0.25) is 5.91 Å². The summed E-state index contributed by atoms with van der Waals surface area (Å²) in [5.74, 6) is -0.873. The Bertz CT molecular complexity index is 1270. The number of anilines is 2. The minimum Gasteiger partial charge on any atom is -0.481 e. The van der Waals surface area contributed by atoms with E-state index in [1.54, 1.807) is 4.57 Å². The number of carboxylic acids is 1. The topological polar surface area (TPSA) is 106 Å². The van der Waals surface area contributed by atoms with Gasteiger partial charge in [-0.05, 0) is 79.1 Å². The van der Waals surface area contributed by atoms with Crippen LogP contribution in [0.3, 0.4) is 0 Å². The van der Waals surface area contributed by atoms with Crippen LogP contribution in [0, 0.1) is 9.54 Å². The number of aryl methyl sites for hydroxylation is 1. The molecular formula is C23H25N5O3S2. The summed E-state index contributed by atoms with van der Waals surface area (Å²) in [6, 6.07) is 13.3. The van der Waals surface area contributed by atoms with Crippen LogP contribution >= 0.6 is 24.4 Å². The number of amides is 1. The molecule has 2 heterocycles. The van der Waals surface area contributed by atoms with Gasteiger partial charge in [-0.2, -0.15) is 0 Å². The van der Waals surface area contributed by atoms with Gasteiger partial charge in [-0.3, -0.25) is 24.4 Å². The van der Waals surface area contributed by atoms with Crippen LogP contribution in [0.25, 0.3) is 5.69 Å². The number of hydrogen-bond donors (Lipinski definition) is 4. The SMILES string of the molecule is O=C(O)Cc1ccc2c(c1)CCCN2CCCC(=O)Nc1cccc(-n2c(=S)[nH][nH]c2=S)c1. The molecule has 4 N–H and O–H groups in total. The van der Waals surface area contributed by atoms with Crippen molar-refractivity contribution < 1.29 is 14.7 Å². The van der Waals surface area contributed by atoms with Crippen LogP contribution < -0.4 is 10.2 Å². The van der Waals surface area contributed by atoms with E-state index >= 15 is 0 Å². The third kappa shape index (κ3) is 5.58. The number of hydrogen-bond acceptors (Lipinski definition) is 5. The number of carboxylic acid groups (broad SMARTS) is 1. The fourth-order valence-electron chi connectivity index (χ4n) is 4.17. The molecule has 0 bridgehead atoms. The van der Waals surface area contributed by atoms with Gasteiger partial charge in [0.25, 0.3) is 0 Å². The van der Waals surface area contributed by atoms with E-state index < -0.39 is 5.97 Å². The van der Waals surface area contributed by atoms with Crippen LogP contribution in [0.4, 0.5) is 11.4 Å². The highest BCUT2D eigenvalue weighted by atomic mass is 32.1. The summed E-state index contributed by atoms with van der Waals surface area (Å²) in [5.41, 5.74) is 4.61. The molecule has 0 atom stereocenters. The molecule has 10 heteroatoms. The summed E-state index contributed by atoms with van der Waals surface area (Å²) in [5, 5.41) is 17.6. The zero-order valence-corrected chi connectivity index (χ0v) is 19.6. The van der Waals surface area contributed by atoms with Gasteiger partial charge < -0.3 is 15.3 Å². The number of aliphatic carboxylic acids is 1. The van der Waals surface area contributed by atoms with Crippen LogP contribution in [-0.4, -0.2) is 44.8 Å². The second kappa shape index (κ2) is 10.1. The normalized spacial score (nSPS) is 12.9.